The fourth-order valence-electron chi connectivity index (χ4n) is 3.68. The third-order valence-corrected chi connectivity index (χ3v) is 5.25. The summed E-state index contributed by atoms with van der Waals surface area (Å²) in [5.74, 6) is -1.50. The minimum Gasteiger partial charge on any atom is -0.481 e. The van der Waals surface area contributed by atoms with E-state index in [1.807, 2.05) is 42.5 Å². The molecule has 28 heavy (non-hydrogen) atoms. The third kappa shape index (κ3) is 4.14. The molecule has 7 nitrogen and oxygen atoms in total. The number of carboxylic acid groups (broad SMARTS) is 1. The van der Waals surface area contributed by atoms with E-state index in [1.54, 1.807) is 0 Å². The van der Waals surface area contributed by atoms with E-state index in [9.17, 15) is 19.5 Å². The smallest absolute Gasteiger partial charge is 0.313 e. The maximum Gasteiger partial charge on any atom is 0.313 e. The number of hydrogen-bond donors (Lipinski definition) is 2. The zero-order chi connectivity index (χ0) is 20.1. The summed E-state index contributed by atoms with van der Waals surface area (Å²) < 4.78 is 5.03. The number of benzene rings is 2. The first-order chi connectivity index (χ1) is 13.4. The van der Waals surface area contributed by atoms with Crippen LogP contribution in [0.5, 0.6) is 0 Å². The van der Waals surface area contributed by atoms with Crippen molar-refractivity contribution in [1.82, 2.24) is 10.2 Å². The molecule has 1 fully saturated rings. The van der Waals surface area contributed by atoms with Gasteiger partial charge in [0.25, 0.3) is 0 Å². The molecular weight excluding hydrogens is 360 g/mol. The lowest BCUT2D eigenvalue weighted by atomic mass is 9.88. The van der Waals surface area contributed by atoms with Crippen molar-refractivity contribution in [2.45, 2.75) is 12.8 Å². The number of carboxylic acids is 1. The first kappa shape index (κ1) is 19.8. The fourth-order valence-corrected chi connectivity index (χ4v) is 3.68. The quantitative estimate of drug-likeness (QED) is 0.753. The lowest BCUT2D eigenvalue weighted by molar-refractivity contribution is -0.151. The molecule has 0 spiro atoms. The molecular formula is C21H24N2O5. The Kier molecular flexibility index (Phi) is 5.94. The number of methoxy groups -OCH3 is 1. The van der Waals surface area contributed by atoms with E-state index in [-0.39, 0.29) is 37.9 Å². The van der Waals surface area contributed by atoms with Gasteiger partial charge in [0.15, 0.2) is 0 Å². The molecule has 0 aliphatic carbocycles. The van der Waals surface area contributed by atoms with Crippen molar-refractivity contribution in [1.29, 1.82) is 0 Å². The SMILES string of the molecule is COCC1(C(=O)O)CCN(C(=O)CNC(=O)Cc2cccc3ccccc23)C1. The van der Waals surface area contributed by atoms with Gasteiger partial charge in [0.1, 0.15) is 5.41 Å². The highest BCUT2D eigenvalue weighted by atomic mass is 16.5. The van der Waals surface area contributed by atoms with Crippen LogP contribution in [0.3, 0.4) is 0 Å². The summed E-state index contributed by atoms with van der Waals surface area (Å²) in [5, 5.41) is 14.2. The largest absolute Gasteiger partial charge is 0.481 e. The number of likely N-dealkylation sites (tertiary alicyclic amines) is 1. The van der Waals surface area contributed by atoms with Crippen molar-refractivity contribution in [2.75, 3.05) is 33.4 Å². The zero-order valence-electron chi connectivity index (χ0n) is 15.8. The number of rotatable bonds is 7. The average Bonchev–Trinajstić information content (AvgIpc) is 3.12. The molecule has 0 saturated carbocycles. The first-order valence-corrected chi connectivity index (χ1v) is 9.19. The molecule has 1 saturated heterocycles. The van der Waals surface area contributed by atoms with Crippen molar-refractivity contribution >= 4 is 28.6 Å². The van der Waals surface area contributed by atoms with Crippen molar-refractivity contribution in [3.8, 4) is 0 Å². The second-order valence-corrected chi connectivity index (χ2v) is 7.18. The second-order valence-electron chi connectivity index (χ2n) is 7.18. The Balaban J connectivity index is 1.56. The maximum atomic E-state index is 12.4. The standard InChI is InChI=1S/C21H24N2O5/c1-28-14-21(20(26)27)9-10-23(13-21)19(25)12-22-18(24)11-16-7-4-6-15-5-2-3-8-17(15)16/h2-8H,9-14H2,1H3,(H,22,24)(H,26,27). The van der Waals surface area contributed by atoms with Crippen LogP contribution in [0.2, 0.25) is 0 Å². The van der Waals surface area contributed by atoms with Gasteiger partial charge in [-0.25, -0.2) is 0 Å². The molecule has 1 unspecified atom stereocenters. The molecule has 148 valence electrons. The molecule has 1 atom stereocenters. The van der Waals surface area contributed by atoms with Crippen molar-refractivity contribution in [3.63, 3.8) is 0 Å². The van der Waals surface area contributed by atoms with E-state index in [0.29, 0.717) is 13.0 Å². The Bertz CT molecular complexity index is 892. The van der Waals surface area contributed by atoms with Crippen LogP contribution in [-0.4, -0.2) is 61.1 Å². The van der Waals surface area contributed by atoms with Gasteiger partial charge in [0, 0.05) is 20.2 Å². The van der Waals surface area contributed by atoms with E-state index < -0.39 is 11.4 Å². The minimum absolute atomic E-state index is 0.0551. The molecule has 1 aliphatic rings. The highest BCUT2D eigenvalue weighted by Gasteiger charge is 2.46. The van der Waals surface area contributed by atoms with Crippen LogP contribution in [0.4, 0.5) is 0 Å². The van der Waals surface area contributed by atoms with E-state index in [2.05, 4.69) is 5.32 Å². The number of nitrogens with zero attached hydrogens (tertiary/aromatic N) is 1. The van der Waals surface area contributed by atoms with E-state index >= 15 is 0 Å². The van der Waals surface area contributed by atoms with Crippen LogP contribution in [0.15, 0.2) is 42.5 Å². The lowest BCUT2D eigenvalue weighted by Crippen LogP contribution is -2.43. The number of fused-ring (bicyclic) bond motifs is 1. The molecule has 2 amide bonds. The van der Waals surface area contributed by atoms with Gasteiger partial charge in [0.05, 0.1) is 19.6 Å². The van der Waals surface area contributed by atoms with Crippen LogP contribution < -0.4 is 5.32 Å². The van der Waals surface area contributed by atoms with Crippen molar-refractivity contribution in [2.24, 2.45) is 5.41 Å². The maximum absolute atomic E-state index is 12.4. The summed E-state index contributed by atoms with van der Waals surface area (Å²) in [6.07, 6.45) is 0.517. The van der Waals surface area contributed by atoms with Crippen LogP contribution in [0, 0.1) is 5.41 Å². The van der Waals surface area contributed by atoms with Crippen LogP contribution in [0.25, 0.3) is 10.8 Å². The number of carbonyl (C=O) groups is 3. The Morgan fingerprint density at radius 3 is 2.68 bits per heavy atom. The first-order valence-electron chi connectivity index (χ1n) is 9.19. The minimum atomic E-state index is -1.07. The Morgan fingerprint density at radius 2 is 1.93 bits per heavy atom. The van der Waals surface area contributed by atoms with E-state index in [4.69, 9.17) is 4.74 Å². The number of hydrogen-bond acceptors (Lipinski definition) is 4. The van der Waals surface area contributed by atoms with Gasteiger partial charge in [-0.05, 0) is 22.8 Å². The molecule has 1 heterocycles. The molecule has 0 bridgehead atoms. The van der Waals surface area contributed by atoms with E-state index in [0.717, 1.165) is 16.3 Å². The summed E-state index contributed by atoms with van der Waals surface area (Å²) in [5.41, 5.74) is -0.175. The topological polar surface area (TPSA) is 95.9 Å². The summed E-state index contributed by atoms with van der Waals surface area (Å²) in [6, 6.07) is 13.6. The summed E-state index contributed by atoms with van der Waals surface area (Å²) in [6.45, 7) is 0.341. The molecule has 2 aromatic rings. The molecule has 1 aliphatic heterocycles. The number of aliphatic carboxylic acids is 1. The molecule has 2 aromatic carbocycles. The predicted octanol–water partition coefficient (Wildman–Crippen LogP) is 1.45. The number of amides is 2. The molecule has 2 N–H and O–H groups in total. The van der Waals surface area contributed by atoms with Crippen LogP contribution in [-0.2, 0) is 25.5 Å². The molecule has 0 radical (unpaired) electrons. The molecule has 7 heteroatoms. The monoisotopic (exact) mass is 384 g/mol. The van der Waals surface area contributed by atoms with Gasteiger partial charge in [-0.3, -0.25) is 14.4 Å². The summed E-state index contributed by atoms with van der Waals surface area (Å²) in [7, 11) is 1.45. The van der Waals surface area contributed by atoms with Crippen molar-refractivity contribution < 1.29 is 24.2 Å². The summed E-state index contributed by atoms with van der Waals surface area (Å²) >= 11 is 0. The number of nitrogens with one attached hydrogen (secondary N) is 1. The van der Waals surface area contributed by atoms with Gasteiger partial charge in [0.2, 0.25) is 11.8 Å². The lowest BCUT2D eigenvalue weighted by Gasteiger charge is -2.23. The van der Waals surface area contributed by atoms with Crippen LogP contribution >= 0.6 is 0 Å². The van der Waals surface area contributed by atoms with Gasteiger partial charge in [-0.15, -0.1) is 0 Å². The fraction of sp³-hybridized carbons (Fsp3) is 0.381. The molecule has 0 aromatic heterocycles. The second kappa shape index (κ2) is 8.39. The molecule has 3 rings (SSSR count). The Morgan fingerprint density at radius 1 is 1.18 bits per heavy atom. The van der Waals surface area contributed by atoms with E-state index in [1.165, 1.54) is 12.0 Å². The zero-order valence-corrected chi connectivity index (χ0v) is 15.8. The number of carbonyl (C=O) groups excluding carboxylic acids is 2. The van der Waals surface area contributed by atoms with Gasteiger partial charge < -0.3 is 20.1 Å². The van der Waals surface area contributed by atoms with Gasteiger partial charge in [-0.2, -0.15) is 0 Å². The highest BCUT2D eigenvalue weighted by molar-refractivity contribution is 5.91. The van der Waals surface area contributed by atoms with Crippen LogP contribution in [0.1, 0.15) is 12.0 Å². The highest BCUT2D eigenvalue weighted by Crippen LogP contribution is 2.31. The Labute approximate surface area is 163 Å². The third-order valence-electron chi connectivity index (χ3n) is 5.25. The normalized spacial score (nSPS) is 19.0. The Hall–Kier alpha value is -2.93. The average molecular weight is 384 g/mol. The summed E-state index contributed by atoms with van der Waals surface area (Å²) in [4.78, 5) is 37.8. The van der Waals surface area contributed by atoms with Crippen molar-refractivity contribution in [3.05, 3.63) is 48.0 Å². The van der Waals surface area contributed by atoms with Gasteiger partial charge in [-0.1, -0.05) is 42.5 Å². The predicted molar refractivity (Wildman–Crippen MR) is 104 cm³/mol. The van der Waals surface area contributed by atoms with Gasteiger partial charge >= 0.3 is 5.97 Å². The number of ether oxygens (including phenoxy) is 1.